The highest BCUT2D eigenvalue weighted by Gasteiger charge is 2.33. The first-order valence-electron chi connectivity index (χ1n) is 8.70. The fourth-order valence-electron chi connectivity index (χ4n) is 3.31. The molecular weight excluding hydrogens is 369 g/mol. The Morgan fingerprint density at radius 2 is 1.86 bits per heavy atom. The molecule has 2 aromatic carbocycles. The van der Waals surface area contributed by atoms with Gasteiger partial charge in [-0.05, 0) is 41.8 Å². The van der Waals surface area contributed by atoms with Crippen molar-refractivity contribution in [2.75, 3.05) is 5.32 Å². The summed E-state index contributed by atoms with van der Waals surface area (Å²) in [6.45, 7) is 2.77. The molecule has 2 amide bonds. The van der Waals surface area contributed by atoms with Gasteiger partial charge in [0.1, 0.15) is 0 Å². The third kappa shape index (κ3) is 4.08. The number of fused-ring (bicyclic) bond motifs is 1. The van der Waals surface area contributed by atoms with Crippen LogP contribution in [-0.2, 0) is 15.8 Å². The van der Waals surface area contributed by atoms with Gasteiger partial charge in [0.05, 0.1) is 18.0 Å². The van der Waals surface area contributed by atoms with E-state index in [2.05, 4.69) is 5.32 Å². The first-order valence-corrected chi connectivity index (χ1v) is 8.70. The molecule has 0 spiro atoms. The molecule has 0 aliphatic carbocycles. The van der Waals surface area contributed by atoms with Crippen molar-refractivity contribution in [3.63, 3.8) is 0 Å². The van der Waals surface area contributed by atoms with Crippen LogP contribution in [0.15, 0.2) is 48.7 Å². The Labute approximate surface area is 160 Å². The topological polar surface area (TPSA) is 49.4 Å². The first-order chi connectivity index (χ1) is 13.2. The van der Waals surface area contributed by atoms with Crippen molar-refractivity contribution in [3.05, 3.63) is 70.9 Å². The standard InChI is InChI=1S/C21H19F3N2O2/c1-13-7-8-16(11-18(13)21(22,23)24)25-20(28)12-19-17-6-4-3-5-15(17)9-10-26(19)14(2)27/h3-11,19H,12H2,1-2H3,(H,25,28). The highest BCUT2D eigenvalue weighted by molar-refractivity contribution is 5.92. The van der Waals surface area contributed by atoms with Gasteiger partial charge in [-0.1, -0.05) is 30.3 Å². The van der Waals surface area contributed by atoms with Crippen LogP contribution in [0.5, 0.6) is 0 Å². The van der Waals surface area contributed by atoms with Crippen LogP contribution in [0.3, 0.4) is 0 Å². The van der Waals surface area contributed by atoms with Crippen LogP contribution >= 0.6 is 0 Å². The predicted molar refractivity (Wildman–Crippen MR) is 100 cm³/mol. The lowest BCUT2D eigenvalue weighted by Gasteiger charge is -2.32. The second kappa shape index (κ2) is 7.50. The molecule has 0 bridgehead atoms. The highest BCUT2D eigenvalue weighted by Crippen LogP contribution is 2.35. The third-order valence-corrected chi connectivity index (χ3v) is 4.67. The molecule has 146 valence electrons. The highest BCUT2D eigenvalue weighted by atomic mass is 19.4. The molecule has 2 aromatic rings. The third-order valence-electron chi connectivity index (χ3n) is 4.67. The number of hydrogen-bond acceptors (Lipinski definition) is 2. The number of aryl methyl sites for hydroxylation is 1. The largest absolute Gasteiger partial charge is 0.416 e. The SMILES string of the molecule is CC(=O)N1C=Cc2ccccc2C1CC(=O)Nc1ccc(C)c(C(F)(F)F)c1. The molecule has 0 fully saturated rings. The molecule has 1 atom stereocenters. The molecule has 0 radical (unpaired) electrons. The molecule has 1 aliphatic heterocycles. The van der Waals surface area contributed by atoms with E-state index in [9.17, 15) is 22.8 Å². The Hall–Kier alpha value is -3.09. The number of benzene rings is 2. The first kappa shape index (κ1) is 19.7. The van der Waals surface area contributed by atoms with Gasteiger partial charge in [0.25, 0.3) is 0 Å². The second-order valence-corrected chi connectivity index (χ2v) is 6.67. The number of carbonyl (C=O) groups is 2. The van der Waals surface area contributed by atoms with Gasteiger partial charge < -0.3 is 10.2 Å². The van der Waals surface area contributed by atoms with Crippen molar-refractivity contribution in [2.24, 2.45) is 0 Å². The van der Waals surface area contributed by atoms with E-state index in [4.69, 9.17) is 0 Å². The summed E-state index contributed by atoms with van der Waals surface area (Å²) < 4.78 is 39.2. The maximum atomic E-state index is 13.1. The number of rotatable bonds is 3. The lowest BCUT2D eigenvalue weighted by Crippen LogP contribution is -2.33. The van der Waals surface area contributed by atoms with Gasteiger partial charge in [0.2, 0.25) is 11.8 Å². The van der Waals surface area contributed by atoms with Crippen molar-refractivity contribution >= 4 is 23.6 Å². The minimum absolute atomic E-state index is 0.0666. The maximum absolute atomic E-state index is 13.1. The molecule has 3 rings (SSSR count). The number of nitrogens with zero attached hydrogens (tertiary/aromatic N) is 1. The summed E-state index contributed by atoms with van der Waals surface area (Å²) in [7, 11) is 0. The predicted octanol–water partition coefficient (Wildman–Crippen LogP) is 4.92. The molecule has 0 saturated carbocycles. The summed E-state index contributed by atoms with van der Waals surface area (Å²) in [5, 5.41) is 2.52. The summed E-state index contributed by atoms with van der Waals surface area (Å²) in [6.07, 6.45) is -1.16. The maximum Gasteiger partial charge on any atom is 0.416 e. The Kier molecular flexibility index (Phi) is 5.27. The van der Waals surface area contributed by atoms with Crippen molar-refractivity contribution in [2.45, 2.75) is 32.5 Å². The lowest BCUT2D eigenvalue weighted by atomic mass is 9.93. The Bertz CT molecular complexity index is 951. The van der Waals surface area contributed by atoms with Crippen LogP contribution in [0.25, 0.3) is 6.08 Å². The van der Waals surface area contributed by atoms with Gasteiger partial charge in [0, 0.05) is 18.8 Å². The number of amides is 2. The van der Waals surface area contributed by atoms with E-state index in [-0.39, 0.29) is 23.6 Å². The lowest BCUT2D eigenvalue weighted by molar-refractivity contribution is -0.138. The fraction of sp³-hybridized carbons (Fsp3) is 0.238. The van der Waals surface area contributed by atoms with Crippen LogP contribution in [0.1, 0.15) is 41.6 Å². The van der Waals surface area contributed by atoms with E-state index in [1.165, 1.54) is 30.9 Å². The summed E-state index contributed by atoms with van der Waals surface area (Å²) in [5.41, 5.74) is 1.07. The molecule has 1 unspecified atom stereocenters. The van der Waals surface area contributed by atoms with E-state index in [0.29, 0.717) is 0 Å². The van der Waals surface area contributed by atoms with Crippen LogP contribution in [0.2, 0.25) is 0 Å². The van der Waals surface area contributed by atoms with Crippen LogP contribution in [0, 0.1) is 6.92 Å². The smallest absolute Gasteiger partial charge is 0.326 e. The molecular formula is C21H19F3N2O2. The van der Waals surface area contributed by atoms with E-state index in [0.717, 1.165) is 17.2 Å². The van der Waals surface area contributed by atoms with Gasteiger partial charge in [-0.3, -0.25) is 9.59 Å². The normalized spacial score (nSPS) is 15.9. The molecule has 0 aromatic heterocycles. The summed E-state index contributed by atoms with van der Waals surface area (Å²) in [5.74, 6) is -0.698. The minimum atomic E-state index is -4.50. The van der Waals surface area contributed by atoms with E-state index >= 15 is 0 Å². The number of hydrogen-bond donors (Lipinski definition) is 1. The Balaban J connectivity index is 1.82. The number of anilines is 1. The molecule has 28 heavy (non-hydrogen) atoms. The molecule has 1 aliphatic rings. The average Bonchev–Trinajstić information content (AvgIpc) is 2.62. The van der Waals surface area contributed by atoms with E-state index in [1.807, 2.05) is 24.3 Å². The zero-order chi connectivity index (χ0) is 20.5. The van der Waals surface area contributed by atoms with E-state index < -0.39 is 23.7 Å². The number of carbonyl (C=O) groups excluding carboxylic acids is 2. The monoisotopic (exact) mass is 388 g/mol. The second-order valence-electron chi connectivity index (χ2n) is 6.67. The van der Waals surface area contributed by atoms with Crippen molar-refractivity contribution in [3.8, 4) is 0 Å². The van der Waals surface area contributed by atoms with Crippen LogP contribution < -0.4 is 5.32 Å². The molecule has 7 heteroatoms. The fourth-order valence-corrected chi connectivity index (χ4v) is 3.31. The Morgan fingerprint density at radius 1 is 1.14 bits per heavy atom. The van der Waals surface area contributed by atoms with Gasteiger partial charge >= 0.3 is 6.18 Å². The molecule has 4 nitrogen and oxygen atoms in total. The summed E-state index contributed by atoms with van der Waals surface area (Å²) in [6, 6.07) is 10.5. The van der Waals surface area contributed by atoms with Gasteiger partial charge in [0.15, 0.2) is 0 Å². The number of halogens is 3. The van der Waals surface area contributed by atoms with Crippen molar-refractivity contribution in [1.82, 2.24) is 4.90 Å². The zero-order valence-corrected chi connectivity index (χ0v) is 15.4. The number of nitrogens with one attached hydrogen (secondary N) is 1. The molecule has 1 heterocycles. The minimum Gasteiger partial charge on any atom is -0.326 e. The quantitative estimate of drug-likeness (QED) is 0.812. The summed E-state index contributed by atoms with van der Waals surface area (Å²) >= 11 is 0. The molecule has 1 N–H and O–H groups in total. The Morgan fingerprint density at radius 3 is 2.54 bits per heavy atom. The van der Waals surface area contributed by atoms with Gasteiger partial charge in [-0.15, -0.1) is 0 Å². The van der Waals surface area contributed by atoms with E-state index in [1.54, 1.807) is 12.3 Å². The van der Waals surface area contributed by atoms with Gasteiger partial charge in [-0.2, -0.15) is 13.2 Å². The van der Waals surface area contributed by atoms with Crippen LogP contribution in [-0.4, -0.2) is 16.7 Å². The van der Waals surface area contributed by atoms with Crippen LogP contribution in [0.4, 0.5) is 18.9 Å². The zero-order valence-electron chi connectivity index (χ0n) is 15.4. The number of alkyl halides is 3. The van der Waals surface area contributed by atoms with Crippen molar-refractivity contribution in [1.29, 1.82) is 0 Å². The summed E-state index contributed by atoms with van der Waals surface area (Å²) in [4.78, 5) is 26.0. The van der Waals surface area contributed by atoms with Crippen molar-refractivity contribution < 1.29 is 22.8 Å². The molecule has 0 saturated heterocycles. The average molecular weight is 388 g/mol. The van der Waals surface area contributed by atoms with Gasteiger partial charge in [-0.25, -0.2) is 0 Å².